The Morgan fingerprint density at radius 3 is 1.81 bits per heavy atom. The van der Waals surface area contributed by atoms with Gasteiger partial charge >= 0.3 is 5.97 Å². The highest BCUT2D eigenvalue weighted by atomic mass is 16.6. The van der Waals surface area contributed by atoms with Crippen LogP contribution >= 0.6 is 0 Å². The van der Waals surface area contributed by atoms with Gasteiger partial charge in [-0.25, -0.2) is 0 Å². The molecule has 0 saturated heterocycles. The van der Waals surface area contributed by atoms with Crippen LogP contribution in [0.5, 0.6) is 0 Å². The molecule has 0 aliphatic rings. The fraction of sp³-hybridized carbons (Fsp3) is 0.846. The predicted molar refractivity (Wildman–Crippen MR) is 74.5 cm³/mol. The first-order valence-corrected chi connectivity index (χ1v) is 6.94. The molecule has 124 valence electrons. The monoisotopic (exact) mass is 307 g/mol. The minimum absolute atomic E-state index is 0.00771. The Balaban J connectivity index is 2.96. The first-order chi connectivity index (χ1) is 10.3. The minimum Gasteiger partial charge on any atom is -0.481 e. The Bertz CT molecular complexity index is 251. The Labute approximate surface area is 124 Å². The summed E-state index contributed by atoms with van der Waals surface area (Å²) < 4.78 is 20.8. The van der Waals surface area contributed by atoms with Gasteiger partial charge in [0.15, 0.2) is 0 Å². The molecule has 0 fully saturated rings. The summed E-state index contributed by atoms with van der Waals surface area (Å²) in [5.41, 5.74) is 0. The summed E-state index contributed by atoms with van der Waals surface area (Å²) >= 11 is 0. The van der Waals surface area contributed by atoms with Crippen molar-refractivity contribution in [3.05, 3.63) is 0 Å². The van der Waals surface area contributed by atoms with E-state index in [0.29, 0.717) is 59.3 Å². The molecule has 8 heteroatoms. The second-order valence-electron chi connectivity index (χ2n) is 3.96. The van der Waals surface area contributed by atoms with Crippen LogP contribution in [0.2, 0.25) is 0 Å². The molecule has 0 aromatic carbocycles. The van der Waals surface area contributed by atoms with Crippen molar-refractivity contribution in [2.75, 3.05) is 65.9 Å². The number of carboxylic acid groups (broad SMARTS) is 1. The van der Waals surface area contributed by atoms with E-state index in [-0.39, 0.29) is 13.0 Å². The lowest BCUT2D eigenvalue weighted by atomic mass is 10.5. The van der Waals surface area contributed by atoms with Gasteiger partial charge in [0.1, 0.15) is 6.29 Å². The standard InChI is InChI=1S/C13H25NO7/c15-4-2-14-3-6-19-8-10-21-12-11-20-9-7-18-5-1-13(16)17/h4,14H,1-3,5-12H2,(H,16,17). The lowest BCUT2D eigenvalue weighted by Gasteiger charge is -2.07. The van der Waals surface area contributed by atoms with Crippen LogP contribution in [-0.2, 0) is 28.5 Å². The molecule has 2 N–H and O–H groups in total. The molecule has 0 spiro atoms. The van der Waals surface area contributed by atoms with Crippen LogP contribution in [0.4, 0.5) is 0 Å². The smallest absolute Gasteiger partial charge is 0.305 e. The molecule has 0 saturated carbocycles. The molecule has 8 nitrogen and oxygen atoms in total. The zero-order valence-corrected chi connectivity index (χ0v) is 12.3. The van der Waals surface area contributed by atoms with Gasteiger partial charge in [0.05, 0.1) is 65.8 Å². The fourth-order valence-corrected chi connectivity index (χ4v) is 1.23. The van der Waals surface area contributed by atoms with Gasteiger partial charge in [0.2, 0.25) is 0 Å². The number of ether oxygens (including phenoxy) is 4. The number of carbonyl (C=O) groups excluding carboxylic acids is 1. The van der Waals surface area contributed by atoms with Gasteiger partial charge in [-0.1, -0.05) is 0 Å². The zero-order valence-electron chi connectivity index (χ0n) is 12.3. The molecular formula is C13H25NO7. The van der Waals surface area contributed by atoms with E-state index in [1.165, 1.54) is 0 Å². The Morgan fingerprint density at radius 1 is 0.857 bits per heavy atom. The number of nitrogens with one attached hydrogen (secondary N) is 1. The normalized spacial score (nSPS) is 10.7. The lowest BCUT2D eigenvalue weighted by Crippen LogP contribution is -2.22. The second-order valence-corrected chi connectivity index (χ2v) is 3.96. The number of aldehydes is 1. The first-order valence-electron chi connectivity index (χ1n) is 6.94. The van der Waals surface area contributed by atoms with Crippen LogP contribution in [0.1, 0.15) is 6.42 Å². The largest absolute Gasteiger partial charge is 0.481 e. The number of hydrogen-bond donors (Lipinski definition) is 2. The van der Waals surface area contributed by atoms with E-state index >= 15 is 0 Å². The molecule has 0 aromatic heterocycles. The Kier molecular flexibility index (Phi) is 16.1. The zero-order chi connectivity index (χ0) is 15.6. The van der Waals surface area contributed by atoms with Crippen LogP contribution in [0.3, 0.4) is 0 Å². The molecule has 0 rings (SSSR count). The van der Waals surface area contributed by atoms with E-state index in [1.54, 1.807) is 0 Å². The van der Waals surface area contributed by atoms with E-state index < -0.39 is 5.97 Å². The molecule has 21 heavy (non-hydrogen) atoms. The average molecular weight is 307 g/mol. The molecule has 0 aliphatic heterocycles. The highest BCUT2D eigenvalue weighted by Gasteiger charge is 1.96. The predicted octanol–water partition coefficient (Wildman–Crippen LogP) is -0.684. The number of rotatable bonds is 17. The quantitative estimate of drug-likeness (QED) is 0.269. The molecule has 0 radical (unpaired) electrons. The highest BCUT2D eigenvalue weighted by Crippen LogP contribution is 1.85. The summed E-state index contributed by atoms with van der Waals surface area (Å²) in [6, 6.07) is 0. The van der Waals surface area contributed by atoms with Crippen LogP contribution < -0.4 is 5.32 Å². The molecule has 0 aromatic rings. The summed E-state index contributed by atoms with van der Waals surface area (Å²) in [6.07, 6.45) is 0.814. The molecule has 0 amide bonds. The van der Waals surface area contributed by atoms with Crippen molar-refractivity contribution in [1.82, 2.24) is 5.32 Å². The Hall–Kier alpha value is -1.06. The van der Waals surface area contributed by atoms with Crippen molar-refractivity contribution in [3.63, 3.8) is 0 Å². The minimum atomic E-state index is -0.869. The van der Waals surface area contributed by atoms with Gasteiger partial charge in [0, 0.05) is 6.54 Å². The van der Waals surface area contributed by atoms with Gasteiger partial charge in [-0.2, -0.15) is 0 Å². The van der Waals surface area contributed by atoms with E-state index in [0.717, 1.165) is 6.29 Å². The van der Waals surface area contributed by atoms with Gasteiger partial charge in [-0.05, 0) is 0 Å². The molecule has 0 bridgehead atoms. The summed E-state index contributed by atoms with van der Waals surface area (Å²) in [4.78, 5) is 20.2. The Morgan fingerprint density at radius 2 is 1.33 bits per heavy atom. The third kappa shape index (κ3) is 18.9. The molecule has 0 aliphatic carbocycles. The average Bonchev–Trinajstić information content (AvgIpc) is 2.46. The van der Waals surface area contributed by atoms with Crippen LogP contribution in [0.25, 0.3) is 0 Å². The summed E-state index contributed by atoms with van der Waals surface area (Å²) in [5.74, 6) is -0.869. The van der Waals surface area contributed by atoms with Crippen LogP contribution in [0, 0.1) is 0 Å². The van der Waals surface area contributed by atoms with Gasteiger partial charge in [-0.3, -0.25) is 4.79 Å². The molecule has 0 heterocycles. The lowest BCUT2D eigenvalue weighted by molar-refractivity contribution is -0.138. The molecule has 0 atom stereocenters. The topological polar surface area (TPSA) is 103 Å². The van der Waals surface area contributed by atoms with Crippen LogP contribution in [0.15, 0.2) is 0 Å². The van der Waals surface area contributed by atoms with Crippen molar-refractivity contribution in [2.24, 2.45) is 0 Å². The van der Waals surface area contributed by atoms with Crippen molar-refractivity contribution >= 4 is 12.3 Å². The number of carbonyl (C=O) groups is 2. The second kappa shape index (κ2) is 17.0. The van der Waals surface area contributed by atoms with E-state index in [2.05, 4.69) is 5.32 Å². The molecular weight excluding hydrogens is 282 g/mol. The maximum atomic E-state index is 10.2. The van der Waals surface area contributed by atoms with Crippen molar-refractivity contribution in [3.8, 4) is 0 Å². The number of aliphatic carboxylic acids is 1. The summed E-state index contributed by atoms with van der Waals surface area (Å²) in [5, 5.41) is 11.3. The van der Waals surface area contributed by atoms with E-state index in [1.807, 2.05) is 0 Å². The van der Waals surface area contributed by atoms with Crippen molar-refractivity contribution in [1.29, 1.82) is 0 Å². The number of carboxylic acids is 1. The van der Waals surface area contributed by atoms with E-state index in [9.17, 15) is 9.59 Å². The summed E-state index contributed by atoms with van der Waals surface area (Å²) in [7, 11) is 0. The summed E-state index contributed by atoms with van der Waals surface area (Å²) in [6.45, 7) is 4.46. The molecule has 0 unspecified atom stereocenters. The van der Waals surface area contributed by atoms with Gasteiger partial charge in [-0.15, -0.1) is 0 Å². The fourth-order valence-electron chi connectivity index (χ4n) is 1.23. The van der Waals surface area contributed by atoms with Crippen molar-refractivity contribution < 1.29 is 33.6 Å². The maximum absolute atomic E-state index is 10.2. The van der Waals surface area contributed by atoms with E-state index in [4.69, 9.17) is 24.1 Å². The van der Waals surface area contributed by atoms with Gasteiger partial charge < -0.3 is 34.2 Å². The van der Waals surface area contributed by atoms with Crippen LogP contribution in [-0.4, -0.2) is 83.3 Å². The maximum Gasteiger partial charge on any atom is 0.305 e. The highest BCUT2D eigenvalue weighted by molar-refractivity contribution is 5.66. The third-order valence-corrected chi connectivity index (χ3v) is 2.23. The third-order valence-electron chi connectivity index (χ3n) is 2.23. The van der Waals surface area contributed by atoms with Gasteiger partial charge in [0.25, 0.3) is 0 Å². The first kappa shape index (κ1) is 19.9. The SMILES string of the molecule is O=CCNCCOCCOCCOCCOCCC(=O)O. The van der Waals surface area contributed by atoms with Crippen molar-refractivity contribution in [2.45, 2.75) is 6.42 Å². The number of hydrogen-bond acceptors (Lipinski definition) is 7.